The van der Waals surface area contributed by atoms with Gasteiger partial charge in [0.25, 0.3) is 0 Å². The Bertz CT molecular complexity index is 558. The second-order valence-electron chi connectivity index (χ2n) is 6.57. The minimum Gasteiger partial charge on any atom is -0.228 e. The topological polar surface area (TPSA) is 34.1 Å². The molecule has 0 spiro atoms. The van der Waals surface area contributed by atoms with Crippen molar-refractivity contribution in [2.24, 2.45) is 5.41 Å². The highest BCUT2D eigenvalue weighted by atomic mass is 79.9. The van der Waals surface area contributed by atoms with E-state index >= 15 is 0 Å². The van der Waals surface area contributed by atoms with E-state index in [4.69, 9.17) is 0 Å². The van der Waals surface area contributed by atoms with Gasteiger partial charge in [0, 0.05) is 5.33 Å². The van der Waals surface area contributed by atoms with Crippen molar-refractivity contribution in [1.82, 2.24) is 0 Å². The summed E-state index contributed by atoms with van der Waals surface area (Å²) in [5, 5.41) is 0.799. The van der Waals surface area contributed by atoms with E-state index in [2.05, 4.69) is 15.9 Å². The van der Waals surface area contributed by atoms with E-state index in [-0.39, 0.29) is 11.2 Å². The summed E-state index contributed by atoms with van der Waals surface area (Å²) in [4.78, 5) is 0. The van der Waals surface area contributed by atoms with Gasteiger partial charge in [0.1, 0.15) is 0 Å². The Hall–Kier alpha value is -0.350. The number of alkyl halides is 1. The van der Waals surface area contributed by atoms with Crippen LogP contribution in [0.2, 0.25) is 0 Å². The summed E-state index contributed by atoms with van der Waals surface area (Å²) in [7, 11) is -3.07. The predicted molar refractivity (Wildman–Crippen MR) is 92.6 cm³/mol. The van der Waals surface area contributed by atoms with Crippen molar-refractivity contribution in [2.75, 3.05) is 11.1 Å². The molecule has 0 heterocycles. The summed E-state index contributed by atoms with van der Waals surface area (Å²) in [5.74, 6) is 0.489. The molecule has 1 aromatic rings. The van der Waals surface area contributed by atoms with Crippen molar-refractivity contribution < 1.29 is 8.42 Å². The Morgan fingerprint density at radius 2 is 1.81 bits per heavy atom. The first-order chi connectivity index (χ1) is 9.95. The van der Waals surface area contributed by atoms with Crippen molar-refractivity contribution in [3.8, 4) is 0 Å². The Morgan fingerprint density at radius 1 is 1.14 bits per heavy atom. The maximum Gasteiger partial charge on any atom is 0.155 e. The van der Waals surface area contributed by atoms with Crippen LogP contribution < -0.4 is 0 Å². The molecule has 1 aliphatic carbocycles. The first-order valence-corrected chi connectivity index (χ1v) is 10.7. The summed E-state index contributed by atoms with van der Waals surface area (Å²) in [6.07, 6.45) is 6.87. The molecular weight excluding hydrogens is 348 g/mol. The molecule has 4 heteroatoms. The zero-order valence-electron chi connectivity index (χ0n) is 12.8. The molecule has 0 aromatic heterocycles. The normalized spacial score (nSPS) is 19.1. The van der Waals surface area contributed by atoms with Crippen LogP contribution in [0.1, 0.15) is 49.7 Å². The third kappa shape index (κ3) is 5.10. The van der Waals surface area contributed by atoms with Gasteiger partial charge in [0.2, 0.25) is 0 Å². The number of halogens is 1. The summed E-state index contributed by atoms with van der Waals surface area (Å²) >= 11 is 3.59. The second kappa shape index (κ2) is 7.28. The number of benzene rings is 1. The fourth-order valence-corrected chi connectivity index (χ4v) is 6.50. The SMILES string of the molecule is Cc1cccc(CS(=O)(=O)CC2(CBr)CCCCCC2)c1. The molecule has 1 aromatic carbocycles. The van der Waals surface area contributed by atoms with E-state index < -0.39 is 9.84 Å². The minimum atomic E-state index is -3.07. The number of hydrogen-bond donors (Lipinski definition) is 0. The number of sulfone groups is 1. The number of hydrogen-bond acceptors (Lipinski definition) is 2. The molecule has 0 atom stereocenters. The lowest BCUT2D eigenvalue weighted by molar-refractivity contribution is 0.327. The van der Waals surface area contributed by atoms with Gasteiger partial charge >= 0.3 is 0 Å². The molecule has 0 bridgehead atoms. The van der Waals surface area contributed by atoms with Gasteiger partial charge in [-0.15, -0.1) is 0 Å². The van der Waals surface area contributed by atoms with Gasteiger partial charge in [-0.05, 0) is 30.7 Å². The standard InChI is InChI=1S/C17H25BrO2S/c1-15-7-6-8-16(11-15)12-21(19,20)14-17(13-18)9-4-2-3-5-10-17/h6-8,11H,2-5,9-10,12-14H2,1H3. The molecule has 2 nitrogen and oxygen atoms in total. The van der Waals surface area contributed by atoms with E-state index in [1.165, 1.54) is 12.8 Å². The van der Waals surface area contributed by atoms with Gasteiger partial charge < -0.3 is 0 Å². The van der Waals surface area contributed by atoms with Crippen LogP contribution in [0.4, 0.5) is 0 Å². The van der Waals surface area contributed by atoms with E-state index in [1.54, 1.807) is 0 Å². The van der Waals surface area contributed by atoms with Crippen LogP contribution in [0.15, 0.2) is 24.3 Å². The molecule has 0 N–H and O–H groups in total. The molecule has 118 valence electrons. The largest absolute Gasteiger partial charge is 0.228 e. The summed E-state index contributed by atoms with van der Waals surface area (Å²) in [5.41, 5.74) is 1.97. The third-order valence-electron chi connectivity index (χ3n) is 4.44. The van der Waals surface area contributed by atoms with E-state index in [0.717, 1.165) is 42.1 Å². The summed E-state index contributed by atoms with van der Waals surface area (Å²) in [6, 6.07) is 7.83. The smallest absolute Gasteiger partial charge is 0.155 e. The zero-order chi connectivity index (χ0) is 15.3. The molecule has 0 unspecified atom stereocenters. The molecule has 21 heavy (non-hydrogen) atoms. The molecule has 1 aliphatic rings. The molecule has 1 saturated carbocycles. The van der Waals surface area contributed by atoms with Crippen LogP contribution >= 0.6 is 15.9 Å². The van der Waals surface area contributed by atoms with Crippen LogP contribution in [-0.2, 0) is 15.6 Å². The van der Waals surface area contributed by atoms with E-state index in [9.17, 15) is 8.42 Å². The minimum absolute atomic E-state index is 0.0564. The Balaban J connectivity index is 2.11. The van der Waals surface area contributed by atoms with Gasteiger partial charge in [0.15, 0.2) is 9.84 Å². The van der Waals surface area contributed by atoms with Crippen molar-refractivity contribution in [2.45, 2.75) is 51.2 Å². The Kier molecular flexibility index (Phi) is 5.89. The van der Waals surface area contributed by atoms with Gasteiger partial charge in [-0.1, -0.05) is 71.4 Å². The fourth-order valence-electron chi connectivity index (χ4n) is 3.37. The lowest BCUT2D eigenvalue weighted by Gasteiger charge is -2.30. The highest BCUT2D eigenvalue weighted by Crippen LogP contribution is 2.38. The number of aryl methyl sites for hydroxylation is 1. The van der Waals surface area contributed by atoms with Crippen molar-refractivity contribution in [3.05, 3.63) is 35.4 Å². The quantitative estimate of drug-likeness (QED) is 0.556. The summed E-state index contributed by atoms with van der Waals surface area (Å²) in [6.45, 7) is 2.00. The Labute approximate surface area is 137 Å². The Morgan fingerprint density at radius 3 is 2.38 bits per heavy atom. The van der Waals surface area contributed by atoms with Gasteiger partial charge in [-0.3, -0.25) is 0 Å². The average molecular weight is 373 g/mol. The van der Waals surface area contributed by atoms with Gasteiger partial charge in [-0.25, -0.2) is 8.42 Å². The highest BCUT2D eigenvalue weighted by Gasteiger charge is 2.34. The third-order valence-corrected chi connectivity index (χ3v) is 7.46. The zero-order valence-corrected chi connectivity index (χ0v) is 15.2. The van der Waals surface area contributed by atoms with Crippen molar-refractivity contribution >= 4 is 25.8 Å². The first kappa shape index (κ1) is 17.0. The highest BCUT2D eigenvalue weighted by molar-refractivity contribution is 9.09. The number of rotatable bonds is 5. The first-order valence-electron chi connectivity index (χ1n) is 7.77. The van der Waals surface area contributed by atoms with Crippen LogP contribution in [-0.4, -0.2) is 19.5 Å². The molecule has 0 amide bonds. The summed E-state index contributed by atoms with van der Waals surface area (Å²) < 4.78 is 25.3. The van der Waals surface area contributed by atoms with Crippen molar-refractivity contribution in [1.29, 1.82) is 0 Å². The average Bonchev–Trinajstić information content (AvgIpc) is 2.63. The van der Waals surface area contributed by atoms with Crippen LogP contribution in [0.3, 0.4) is 0 Å². The van der Waals surface area contributed by atoms with E-state index in [1.807, 2.05) is 31.2 Å². The molecular formula is C17H25BrO2S. The monoisotopic (exact) mass is 372 g/mol. The predicted octanol–water partition coefficient (Wildman–Crippen LogP) is 4.65. The van der Waals surface area contributed by atoms with Gasteiger partial charge in [-0.2, -0.15) is 0 Å². The van der Waals surface area contributed by atoms with Crippen LogP contribution in [0, 0.1) is 12.3 Å². The van der Waals surface area contributed by atoms with Crippen LogP contribution in [0.25, 0.3) is 0 Å². The fraction of sp³-hybridized carbons (Fsp3) is 0.647. The lowest BCUT2D eigenvalue weighted by atomic mass is 9.85. The van der Waals surface area contributed by atoms with Gasteiger partial charge in [0.05, 0.1) is 11.5 Å². The molecule has 2 rings (SSSR count). The van der Waals surface area contributed by atoms with Crippen LogP contribution in [0.5, 0.6) is 0 Å². The molecule has 1 fully saturated rings. The maximum atomic E-state index is 12.6. The molecule has 0 saturated heterocycles. The lowest BCUT2D eigenvalue weighted by Crippen LogP contribution is -2.32. The van der Waals surface area contributed by atoms with E-state index in [0.29, 0.717) is 5.75 Å². The van der Waals surface area contributed by atoms with Crippen molar-refractivity contribution in [3.63, 3.8) is 0 Å². The maximum absolute atomic E-state index is 12.6. The molecule has 0 radical (unpaired) electrons. The molecule has 0 aliphatic heterocycles. The second-order valence-corrected chi connectivity index (χ2v) is 9.19.